The molecule has 0 aliphatic carbocycles. The van der Waals surface area contributed by atoms with E-state index in [1.165, 1.54) is 0 Å². The van der Waals surface area contributed by atoms with E-state index in [4.69, 9.17) is 10.2 Å². The molecule has 7 heteroatoms. The Kier molecular flexibility index (Phi) is 7.00. The predicted molar refractivity (Wildman–Crippen MR) is 53.4 cm³/mol. The molecule has 0 bridgehead atoms. The largest absolute Gasteiger partial charge is 0.394 e. The first-order chi connectivity index (χ1) is 7.36. The minimum atomic E-state index is -1.86. The van der Waals surface area contributed by atoms with E-state index in [2.05, 4.69) is 0 Å². The van der Waals surface area contributed by atoms with Crippen LogP contribution in [0.4, 0.5) is 0 Å². The maximum Gasteiger partial charge on any atom is 0.111 e. The van der Waals surface area contributed by atoms with Crippen molar-refractivity contribution in [1.82, 2.24) is 0 Å². The van der Waals surface area contributed by atoms with Crippen LogP contribution >= 0.6 is 0 Å². The molecule has 6 atom stereocenters. The topological polar surface area (TPSA) is 142 Å². The van der Waals surface area contributed by atoms with Gasteiger partial charge in [0.25, 0.3) is 0 Å². The Morgan fingerprint density at radius 3 is 1.38 bits per heavy atom. The first-order valence-corrected chi connectivity index (χ1v) is 5.06. The molecule has 0 spiro atoms. The fraction of sp³-hybridized carbons (Fsp3) is 1.00. The van der Waals surface area contributed by atoms with Crippen LogP contribution in [0, 0.1) is 0 Å². The average molecular weight is 240 g/mol. The van der Waals surface area contributed by atoms with E-state index >= 15 is 0 Å². The van der Waals surface area contributed by atoms with Crippen molar-refractivity contribution in [3.05, 3.63) is 0 Å². The SMILES string of the molecule is CCC(O)C(O)C(O)C(O)C(O)C(O)CO. The summed E-state index contributed by atoms with van der Waals surface area (Å²) in [7, 11) is 0. The van der Waals surface area contributed by atoms with Crippen LogP contribution in [0.5, 0.6) is 0 Å². The van der Waals surface area contributed by atoms with Crippen molar-refractivity contribution in [2.45, 2.75) is 50.0 Å². The summed E-state index contributed by atoms with van der Waals surface area (Å²) < 4.78 is 0. The van der Waals surface area contributed by atoms with Crippen molar-refractivity contribution in [2.24, 2.45) is 0 Å². The molecule has 0 aliphatic heterocycles. The van der Waals surface area contributed by atoms with Gasteiger partial charge in [-0.2, -0.15) is 0 Å². The molecule has 0 aromatic rings. The summed E-state index contributed by atoms with van der Waals surface area (Å²) in [6, 6.07) is 0. The summed E-state index contributed by atoms with van der Waals surface area (Å²) in [6.07, 6.45) is -9.84. The van der Waals surface area contributed by atoms with Crippen molar-refractivity contribution in [1.29, 1.82) is 0 Å². The van der Waals surface area contributed by atoms with Crippen LogP contribution in [-0.2, 0) is 0 Å². The highest BCUT2D eigenvalue weighted by atomic mass is 16.4. The fourth-order valence-corrected chi connectivity index (χ4v) is 1.21. The lowest BCUT2D eigenvalue weighted by Crippen LogP contribution is -2.52. The van der Waals surface area contributed by atoms with Crippen molar-refractivity contribution in [3.8, 4) is 0 Å². The van der Waals surface area contributed by atoms with Gasteiger partial charge in [-0.1, -0.05) is 6.92 Å². The molecule has 6 unspecified atom stereocenters. The van der Waals surface area contributed by atoms with Gasteiger partial charge in [0.1, 0.15) is 30.5 Å². The smallest absolute Gasteiger partial charge is 0.111 e. The second-order valence-electron chi connectivity index (χ2n) is 3.69. The monoisotopic (exact) mass is 240 g/mol. The molecule has 7 nitrogen and oxygen atoms in total. The molecule has 0 heterocycles. The molecule has 0 aromatic heterocycles. The molecule has 0 fully saturated rings. The van der Waals surface area contributed by atoms with Crippen molar-refractivity contribution in [3.63, 3.8) is 0 Å². The zero-order valence-electron chi connectivity index (χ0n) is 9.01. The van der Waals surface area contributed by atoms with Crippen molar-refractivity contribution >= 4 is 0 Å². The summed E-state index contributed by atoms with van der Waals surface area (Å²) in [4.78, 5) is 0. The van der Waals surface area contributed by atoms with Crippen LogP contribution in [0.15, 0.2) is 0 Å². The maximum atomic E-state index is 9.39. The number of aliphatic hydroxyl groups excluding tert-OH is 7. The molecule has 0 saturated heterocycles. The van der Waals surface area contributed by atoms with E-state index in [1.54, 1.807) is 6.92 Å². The van der Waals surface area contributed by atoms with Crippen LogP contribution in [-0.4, -0.2) is 79.0 Å². The second kappa shape index (κ2) is 7.13. The van der Waals surface area contributed by atoms with Gasteiger partial charge in [-0.15, -0.1) is 0 Å². The van der Waals surface area contributed by atoms with Gasteiger partial charge in [-0.3, -0.25) is 0 Å². The van der Waals surface area contributed by atoms with Gasteiger partial charge >= 0.3 is 0 Å². The van der Waals surface area contributed by atoms with E-state index in [9.17, 15) is 25.5 Å². The molecule has 0 rings (SSSR count). The standard InChI is InChI=1S/C9H20O7/c1-2-4(11)6(13)8(15)9(16)7(14)5(12)3-10/h4-16H,2-3H2,1H3. The van der Waals surface area contributed by atoms with Gasteiger partial charge in [0.15, 0.2) is 0 Å². The minimum Gasteiger partial charge on any atom is -0.394 e. The van der Waals surface area contributed by atoms with Gasteiger partial charge in [0, 0.05) is 0 Å². The van der Waals surface area contributed by atoms with Crippen LogP contribution in [0.25, 0.3) is 0 Å². The normalized spacial score (nSPS) is 23.2. The molecule has 0 saturated carbocycles. The van der Waals surface area contributed by atoms with Crippen LogP contribution < -0.4 is 0 Å². The number of rotatable bonds is 7. The van der Waals surface area contributed by atoms with Crippen LogP contribution in [0.3, 0.4) is 0 Å². The summed E-state index contributed by atoms with van der Waals surface area (Å²) in [5, 5.41) is 64.1. The minimum absolute atomic E-state index is 0.156. The first kappa shape index (κ1) is 15.7. The highest BCUT2D eigenvalue weighted by Crippen LogP contribution is 2.12. The van der Waals surface area contributed by atoms with Crippen LogP contribution in [0.2, 0.25) is 0 Å². The average Bonchev–Trinajstić information content (AvgIpc) is 2.32. The molecule has 16 heavy (non-hydrogen) atoms. The molecule has 0 aromatic carbocycles. The second-order valence-corrected chi connectivity index (χ2v) is 3.69. The molecule has 0 radical (unpaired) electrons. The number of aliphatic hydroxyl groups is 7. The van der Waals surface area contributed by atoms with Gasteiger partial charge < -0.3 is 35.7 Å². The summed E-state index contributed by atoms with van der Waals surface area (Å²) in [5.41, 5.74) is 0. The zero-order valence-corrected chi connectivity index (χ0v) is 9.01. The zero-order chi connectivity index (χ0) is 12.9. The van der Waals surface area contributed by atoms with Crippen LogP contribution in [0.1, 0.15) is 13.3 Å². The predicted octanol–water partition coefficient (Wildman–Crippen LogP) is -3.45. The lowest BCUT2D eigenvalue weighted by atomic mass is 9.96. The Bertz CT molecular complexity index is 169. The summed E-state index contributed by atoms with van der Waals surface area (Å²) in [5.74, 6) is 0. The third-order valence-electron chi connectivity index (χ3n) is 2.44. The molecule has 0 amide bonds. The van der Waals surface area contributed by atoms with Gasteiger partial charge in [-0.05, 0) is 6.42 Å². The fourth-order valence-electron chi connectivity index (χ4n) is 1.21. The molecular weight excluding hydrogens is 220 g/mol. The Morgan fingerprint density at radius 2 is 1.06 bits per heavy atom. The summed E-state index contributed by atoms with van der Waals surface area (Å²) in [6.45, 7) is 0.767. The van der Waals surface area contributed by atoms with Gasteiger partial charge in [0.2, 0.25) is 0 Å². The van der Waals surface area contributed by atoms with E-state index in [1.807, 2.05) is 0 Å². The molecule has 7 N–H and O–H groups in total. The van der Waals surface area contributed by atoms with E-state index in [-0.39, 0.29) is 6.42 Å². The molecule has 0 aliphatic rings. The lowest BCUT2D eigenvalue weighted by molar-refractivity contribution is -0.157. The van der Waals surface area contributed by atoms with E-state index < -0.39 is 43.2 Å². The highest BCUT2D eigenvalue weighted by molar-refractivity contribution is 4.87. The van der Waals surface area contributed by atoms with Gasteiger partial charge in [-0.25, -0.2) is 0 Å². The Hall–Kier alpha value is -0.280. The third kappa shape index (κ3) is 3.95. The lowest BCUT2D eigenvalue weighted by Gasteiger charge is -2.30. The Morgan fingerprint density at radius 1 is 0.688 bits per heavy atom. The van der Waals surface area contributed by atoms with E-state index in [0.717, 1.165) is 0 Å². The van der Waals surface area contributed by atoms with Gasteiger partial charge in [0.05, 0.1) is 12.7 Å². The van der Waals surface area contributed by atoms with Crippen molar-refractivity contribution in [2.75, 3.05) is 6.61 Å². The Balaban J connectivity index is 4.41. The highest BCUT2D eigenvalue weighted by Gasteiger charge is 2.36. The first-order valence-electron chi connectivity index (χ1n) is 5.06. The molecular formula is C9H20O7. The van der Waals surface area contributed by atoms with E-state index in [0.29, 0.717) is 0 Å². The third-order valence-corrected chi connectivity index (χ3v) is 2.44. The number of hydrogen-bond donors (Lipinski definition) is 7. The Labute approximate surface area is 93.2 Å². The quantitative estimate of drug-likeness (QED) is 0.245. The number of hydrogen-bond acceptors (Lipinski definition) is 7. The maximum absolute atomic E-state index is 9.39. The van der Waals surface area contributed by atoms with Crippen molar-refractivity contribution < 1.29 is 35.7 Å². The summed E-state index contributed by atoms with van der Waals surface area (Å²) >= 11 is 0. The molecule has 98 valence electrons.